The predicted octanol–water partition coefficient (Wildman–Crippen LogP) is 8.82. The van der Waals surface area contributed by atoms with Crippen LogP contribution in [0.15, 0.2) is 42.5 Å². The summed E-state index contributed by atoms with van der Waals surface area (Å²) in [6, 6.07) is 16.8. The van der Waals surface area contributed by atoms with Crippen molar-refractivity contribution in [1.82, 2.24) is 0 Å². The summed E-state index contributed by atoms with van der Waals surface area (Å²) >= 11 is 2.21. The Balaban J connectivity index is 1.96. The molecule has 0 spiro atoms. The Morgan fingerprint density at radius 2 is 1.58 bits per heavy atom. The van der Waals surface area contributed by atoms with Crippen molar-refractivity contribution < 1.29 is 0 Å². The third-order valence-corrected chi connectivity index (χ3v) is 9.96. The van der Waals surface area contributed by atoms with Gasteiger partial charge >= 0.3 is 0 Å². The number of hydrogen-bond donors (Lipinski definition) is 0. The predicted molar refractivity (Wildman–Crippen MR) is 140 cm³/mol. The third kappa shape index (κ3) is 5.08. The molecule has 1 aliphatic carbocycles. The van der Waals surface area contributed by atoms with Crippen LogP contribution >= 0.6 is 11.8 Å². The summed E-state index contributed by atoms with van der Waals surface area (Å²) in [6.45, 7) is 16.8. The van der Waals surface area contributed by atoms with E-state index in [9.17, 15) is 0 Å². The van der Waals surface area contributed by atoms with E-state index >= 15 is 0 Å². The molecule has 1 fully saturated rings. The first-order valence-electron chi connectivity index (χ1n) is 12.7. The summed E-state index contributed by atoms with van der Waals surface area (Å²) in [7, 11) is 0. The summed E-state index contributed by atoms with van der Waals surface area (Å²) in [5, 5.41) is 0. The molecule has 170 valence electrons. The zero-order valence-corrected chi connectivity index (χ0v) is 21.8. The highest BCUT2D eigenvalue weighted by Crippen LogP contribution is 2.57. The van der Waals surface area contributed by atoms with Crippen molar-refractivity contribution in [2.75, 3.05) is 5.75 Å². The van der Waals surface area contributed by atoms with Crippen LogP contribution in [0, 0.1) is 30.6 Å². The van der Waals surface area contributed by atoms with Crippen molar-refractivity contribution in [2.45, 2.75) is 85.3 Å². The molecular formula is C30H44S. The topological polar surface area (TPSA) is 0 Å². The van der Waals surface area contributed by atoms with Gasteiger partial charge in [-0.05, 0) is 83.4 Å². The fourth-order valence-corrected chi connectivity index (χ4v) is 7.57. The van der Waals surface area contributed by atoms with E-state index in [-0.39, 0.29) is 4.75 Å². The van der Waals surface area contributed by atoms with E-state index in [4.69, 9.17) is 0 Å². The van der Waals surface area contributed by atoms with E-state index in [0.29, 0.717) is 5.92 Å². The molecule has 2 aromatic rings. The number of thioether (sulfide) groups is 1. The van der Waals surface area contributed by atoms with Gasteiger partial charge in [-0.1, -0.05) is 96.8 Å². The average molecular weight is 437 g/mol. The van der Waals surface area contributed by atoms with Crippen molar-refractivity contribution in [3.8, 4) is 0 Å². The van der Waals surface area contributed by atoms with Crippen molar-refractivity contribution in [2.24, 2.45) is 23.7 Å². The Morgan fingerprint density at radius 1 is 0.903 bits per heavy atom. The zero-order valence-electron chi connectivity index (χ0n) is 21.0. The highest BCUT2D eigenvalue weighted by atomic mass is 32.2. The van der Waals surface area contributed by atoms with Crippen molar-refractivity contribution in [3.63, 3.8) is 0 Å². The molecule has 1 aliphatic rings. The van der Waals surface area contributed by atoms with E-state index < -0.39 is 0 Å². The summed E-state index contributed by atoms with van der Waals surface area (Å²) in [4.78, 5) is 0. The Labute approximate surface area is 196 Å². The monoisotopic (exact) mass is 436 g/mol. The Kier molecular flexibility index (Phi) is 8.36. The van der Waals surface area contributed by atoms with Crippen molar-refractivity contribution in [1.29, 1.82) is 0 Å². The van der Waals surface area contributed by atoms with E-state index in [1.807, 2.05) is 0 Å². The Bertz CT molecular complexity index is 834. The molecule has 0 aliphatic heterocycles. The van der Waals surface area contributed by atoms with Gasteiger partial charge in [0.2, 0.25) is 0 Å². The van der Waals surface area contributed by atoms with Crippen LogP contribution in [0.25, 0.3) is 0 Å². The summed E-state index contributed by atoms with van der Waals surface area (Å²) < 4.78 is 0.245. The molecule has 0 amide bonds. The molecule has 0 nitrogen and oxygen atoms in total. The van der Waals surface area contributed by atoms with Gasteiger partial charge in [0.15, 0.2) is 0 Å². The van der Waals surface area contributed by atoms with Crippen LogP contribution in [-0.2, 0) is 17.6 Å². The highest BCUT2D eigenvalue weighted by molar-refractivity contribution is 8.00. The van der Waals surface area contributed by atoms with Crippen LogP contribution in [0.3, 0.4) is 0 Å². The van der Waals surface area contributed by atoms with Crippen LogP contribution in [0.5, 0.6) is 0 Å². The van der Waals surface area contributed by atoms with Gasteiger partial charge in [0.25, 0.3) is 0 Å². The van der Waals surface area contributed by atoms with Gasteiger partial charge in [-0.25, -0.2) is 0 Å². The molecule has 5 atom stereocenters. The minimum Gasteiger partial charge on any atom is -0.150 e. The molecule has 1 saturated carbocycles. The average Bonchev–Trinajstić information content (AvgIpc) is 2.77. The quantitative estimate of drug-likeness (QED) is 0.398. The molecule has 0 bridgehead atoms. The van der Waals surface area contributed by atoms with Crippen LogP contribution < -0.4 is 0 Å². The third-order valence-electron chi connectivity index (χ3n) is 8.38. The van der Waals surface area contributed by atoms with Gasteiger partial charge in [0.1, 0.15) is 0 Å². The number of benzene rings is 2. The number of hydrogen-bond acceptors (Lipinski definition) is 1. The molecular weight excluding hydrogens is 392 g/mol. The number of rotatable bonds is 8. The van der Waals surface area contributed by atoms with Crippen molar-refractivity contribution >= 4 is 11.8 Å². The molecule has 1 heteroatoms. The Morgan fingerprint density at radius 3 is 2.19 bits per heavy atom. The maximum absolute atomic E-state index is 2.57. The lowest BCUT2D eigenvalue weighted by Crippen LogP contribution is -2.45. The largest absolute Gasteiger partial charge is 0.150 e. The summed E-state index contributed by atoms with van der Waals surface area (Å²) in [5.41, 5.74) is 7.40. The van der Waals surface area contributed by atoms with E-state index in [2.05, 4.69) is 103 Å². The number of aryl methyl sites for hydroxylation is 2. The fraction of sp³-hybridized carbons (Fsp3) is 0.600. The molecule has 0 N–H and O–H groups in total. The highest BCUT2D eigenvalue weighted by Gasteiger charge is 2.48. The van der Waals surface area contributed by atoms with Gasteiger partial charge in [0.05, 0.1) is 0 Å². The fourth-order valence-electron chi connectivity index (χ4n) is 5.96. The molecule has 0 heterocycles. The van der Waals surface area contributed by atoms with Crippen LogP contribution in [0.4, 0.5) is 0 Å². The van der Waals surface area contributed by atoms with Crippen LogP contribution in [-0.4, -0.2) is 5.75 Å². The lowest BCUT2D eigenvalue weighted by Gasteiger charge is -2.52. The van der Waals surface area contributed by atoms with Gasteiger partial charge in [-0.15, -0.1) is 0 Å². The molecule has 0 radical (unpaired) electrons. The van der Waals surface area contributed by atoms with Gasteiger partial charge in [0, 0.05) is 4.75 Å². The zero-order chi connectivity index (χ0) is 22.6. The maximum Gasteiger partial charge on any atom is 0.0439 e. The first-order valence-corrected chi connectivity index (χ1v) is 13.7. The Hall–Kier alpha value is -1.21. The second-order valence-electron chi connectivity index (χ2n) is 10.1. The van der Waals surface area contributed by atoms with Gasteiger partial charge < -0.3 is 0 Å². The molecule has 2 aromatic carbocycles. The smallest absolute Gasteiger partial charge is 0.0439 e. The van der Waals surface area contributed by atoms with Crippen LogP contribution in [0.1, 0.15) is 88.6 Å². The second kappa shape index (κ2) is 10.6. The first kappa shape index (κ1) is 24.4. The normalized spacial score (nSPS) is 28.6. The van der Waals surface area contributed by atoms with E-state index in [1.54, 1.807) is 5.56 Å². The molecule has 31 heavy (non-hydrogen) atoms. The molecule has 0 saturated heterocycles. The minimum atomic E-state index is 0.245. The first-order chi connectivity index (χ1) is 14.9. The maximum atomic E-state index is 2.57. The van der Waals surface area contributed by atoms with Crippen LogP contribution in [0.2, 0.25) is 0 Å². The molecule has 3 rings (SSSR count). The second-order valence-corrected chi connectivity index (χ2v) is 11.7. The van der Waals surface area contributed by atoms with Gasteiger partial charge in [-0.3, -0.25) is 0 Å². The van der Waals surface area contributed by atoms with Crippen molar-refractivity contribution in [3.05, 3.63) is 70.3 Å². The van der Waals surface area contributed by atoms with E-state index in [0.717, 1.165) is 24.2 Å². The van der Waals surface area contributed by atoms with E-state index in [1.165, 1.54) is 53.7 Å². The lowest BCUT2D eigenvalue weighted by molar-refractivity contribution is 0.0836. The summed E-state index contributed by atoms with van der Waals surface area (Å²) in [5.74, 6) is 4.27. The molecule has 5 unspecified atom stereocenters. The summed E-state index contributed by atoms with van der Waals surface area (Å²) in [6.07, 6.45) is 6.05. The SMILES string of the molecule is CCCc1ccc(Cc2cc(C3(SCC)CC(CC)C(C)C(C)C3C)ccc2C)cc1. The minimum absolute atomic E-state index is 0.245. The molecule has 0 aromatic heterocycles. The van der Waals surface area contributed by atoms with Gasteiger partial charge in [-0.2, -0.15) is 11.8 Å². The standard InChI is InChI=1S/C30H44S/c1-8-11-25-13-15-26(16-14-25)18-28-19-29(17-12-21(28)4)30(31-10-3)20-27(9-2)23(6)22(5)24(30)7/h12-17,19,22-24,27H,8-11,18,20H2,1-7H3. The lowest BCUT2D eigenvalue weighted by atomic mass is 9.60.